The first-order valence-corrected chi connectivity index (χ1v) is 6.07. The van der Waals surface area contributed by atoms with Gasteiger partial charge < -0.3 is 10.3 Å². The van der Waals surface area contributed by atoms with Gasteiger partial charge in [-0.1, -0.05) is 19.0 Å². The first-order valence-electron chi connectivity index (χ1n) is 6.07. The molecule has 0 amide bonds. The molecule has 0 aromatic carbocycles. The third kappa shape index (κ3) is 2.43. The Morgan fingerprint density at radius 3 is 2.56 bits per heavy atom. The van der Waals surface area contributed by atoms with Crippen molar-refractivity contribution in [2.45, 2.75) is 32.7 Å². The molecule has 2 aromatic heterocycles. The summed E-state index contributed by atoms with van der Waals surface area (Å²) < 4.78 is 7.04. The summed E-state index contributed by atoms with van der Waals surface area (Å²) in [7, 11) is 1.85. The molecule has 98 valence electrons. The van der Waals surface area contributed by atoms with Crippen molar-refractivity contribution in [1.82, 2.24) is 19.9 Å². The van der Waals surface area contributed by atoms with Gasteiger partial charge in [-0.25, -0.2) is 0 Å². The van der Waals surface area contributed by atoms with Crippen LogP contribution in [0.3, 0.4) is 0 Å². The fourth-order valence-corrected chi connectivity index (χ4v) is 2.14. The van der Waals surface area contributed by atoms with Gasteiger partial charge in [-0.2, -0.15) is 10.1 Å². The number of rotatable bonds is 4. The van der Waals surface area contributed by atoms with E-state index in [-0.39, 0.29) is 12.0 Å². The Kier molecular flexibility index (Phi) is 3.47. The van der Waals surface area contributed by atoms with Crippen molar-refractivity contribution >= 4 is 0 Å². The molecule has 6 heteroatoms. The lowest BCUT2D eigenvalue weighted by Gasteiger charge is -2.20. The lowest BCUT2D eigenvalue weighted by molar-refractivity contribution is 0.300. The second-order valence-corrected chi connectivity index (χ2v) is 4.99. The fourth-order valence-electron chi connectivity index (χ4n) is 2.14. The zero-order valence-corrected chi connectivity index (χ0v) is 11.2. The Labute approximate surface area is 106 Å². The summed E-state index contributed by atoms with van der Waals surface area (Å²) in [5.74, 6) is 1.58. The summed E-state index contributed by atoms with van der Waals surface area (Å²) in [6.45, 7) is 6.16. The minimum atomic E-state index is -0.0211. The molecule has 2 rings (SSSR count). The van der Waals surface area contributed by atoms with Crippen molar-refractivity contribution in [3.05, 3.63) is 18.3 Å². The van der Waals surface area contributed by atoms with Gasteiger partial charge in [-0.3, -0.25) is 4.68 Å². The first kappa shape index (κ1) is 12.8. The number of nitrogens with two attached hydrogens (primary N) is 1. The third-order valence-electron chi connectivity index (χ3n) is 2.97. The van der Waals surface area contributed by atoms with Crippen molar-refractivity contribution in [1.29, 1.82) is 0 Å². The summed E-state index contributed by atoms with van der Waals surface area (Å²) in [4.78, 5) is 4.43. The Balaban J connectivity index is 2.29. The predicted octanol–water partition coefficient (Wildman–Crippen LogP) is 1.56. The van der Waals surface area contributed by atoms with Gasteiger partial charge in [-0.15, -0.1) is 0 Å². The Morgan fingerprint density at radius 1 is 1.33 bits per heavy atom. The molecule has 6 nitrogen and oxygen atoms in total. The van der Waals surface area contributed by atoms with Crippen LogP contribution in [0.2, 0.25) is 0 Å². The van der Waals surface area contributed by atoms with Gasteiger partial charge in [0.05, 0.1) is 17.7 Å². The number of aryl methyl sites for hydroxylation is 1. The molecule has 0 saturated carbocycles. The van der Waals surface area contributed by atoms with E-state index in [4.69, 9.17) is 10.3 Å². The van der Waals surface area contributed by atoms with E-state index in [0.29, 0.717) is 17.6 Å². The van der Waals surface area contributed by atoms with Crippen LogP contribution in [0, 0.1) is 5.92 Å². The predicted molar refractivity (Wildman–Crippen MR) is 67.7 cm³/mol. The maximum absolute atomic E-state index is 5.98. The molecule has 0 aliphatic carbocycles. The van der Waals surface area contributed by atoms with Gasteiger partial charge in [0.25, 0.3) is 0 Å². The highest BCUT2D eigenvalue weighted by Crippen LogP contribution is 2.27. The molecule has 0 spiro atoms. The fraction of sp³-hybridized carbons (Fsp3) is 0.583. The van der Waals surface area contributed by atoms with E-state index in [9.17, 15) is 0 Å². The van der Waals surface area contributed by atoms with Crippen LogP contribution in [0.25, 0.3) is 11.4 Å². The van der Waals surface area contributed by atoms with Crippen molar-refractivity contribution in [3.8, 4) is 11.4 Å². The summed E-state index contributed by atoms with van der Waals surface area (Å²) in [6, 6.07) is -0.0211. The normalized spacial score (nSPS) is 15.0. The zero-order valence-electron chi connectivity index (χ0n) is 11.2. The van der Waals surface area contributed by atoms with Crippen molar-refractivity contribution in [2.75, 3.05) is 0 Å². The molecule has 0 radical (unpaired) electrons. The highest BCUT2D eigenvalue weighted by atomic mass is 16.5. The second kappa shape index (κ2) is 4.89. The minimum absolute atomic E-state index is 0.0211. The Morgan fingerprint density at radius 2 is 2.06 bits per heavy atom. The standard InChI is InChI=1S/C12H19N5O/c1-7(2)10(8(3)13)12-15-11(16-18-12)9-5-14-17(4)6-9/h5-8,10H,13H2,1-4H3. The van der Waals surface area contributed by atoms with Crippen LogP contribution in [-0.2, 0) is 7.05 Å². The lowest BCUT2D eigenvalue weighted by atomic mass is 9.90. The molecule has 0 aliphatic heterocycles. The summed E-state index contributed by atoms with van der Waals surface area (Å²) in [5.41, 5.74) is 6.82. The van der Waals surface area contributed by atoms with E-state index < -0.39 is 0 Å². The molecule has 2 unspecified atom stereocenters. The van der Waals surface area contributed by atoms with Gasteiger partial charge >= 0.3 is 0 Å². The number of nitrogens with zero attached hydrogens (tertiary/aromatic N) is 4. The maximum atomic E-state index is 5.98. The van der Waals surface area contributed by atoms with Gasteiger partial charge in [0.1, 0.15) is 0 Å². The molecule has 0 saturated heterocycles. The van der Waals surface area contributed by atoms with E-state index in [1.807, 2.05) is 20.2 Å². The van der Waals surface area contributed by atoms with E-state index in [1.54, 1.807) is 10.9 Å². The maximum Gasteiger partial charge on any atom is 0.231 e. The lowest BCUT2D eigenvalue weighted by Crippen LogP contribution is -2.28. The molecule has 0 bridgehead atoms. The van der Waals surface area contributed by atoms with Crippen LogP contribution in [-0.4, -0.2) is 26.0 Å². The Bertz CT molecular complexity index is 506. The molecule has 2 N–H and O–H groups in total. The van der Waals surface area contributed by atoms with Crippen LogP contribution in [0.4, 0.5) is 0 Å². The summed E-state index contributed by atoms with van der Waals surface area (Å²) >= 11 is 0. The monoisotopic (exact) mass is 249 g/mol. The molecular formula is C12H19N5O. The number of aromatic nitrogens is 4. The van der Waals surface area contributed by atoms with E-state index in [2.05, 4.69) is 29.1 Å². The highest BCUT2D eigenvalue weighted by molar-refractivity contribution is 5.51. The Hall–Kier alpha value is -1.69. The molecule has 2 aromatic rings. The van der Waals surface area contributed by atoms with E-state index in [1.165, 1.54) is 0 Å². The molecule has 2 heterocycles. The molecule has 2 atom stereocenters. The molecule has 18 heavy (non-hydrogen) atoms. The van der Waals surface area contributed by atoms with Crippen molar-refractivity contribution in [2.24, 2.45) is 18.7 Å². The highest BCUT2D eigenvalue weighted by Gasteiger charge is 2.26. The minimum Gasteiger partial charge on any atom is -0.339 e. The van der Waals surface area contributed by atoms with Crippen LogP contribution in [0.15, 0.2) is 16.9 Å². The average molecular weight is 249 g/mol. The average Bonchev–Trinajstić information content (AvgIpc) is 2.85. The van der Waals surface area contributed by atoms with Gasteiger partial charge in [0.2, 0.25) is 11.7 Å². The zero-order chi connectivity index (χ0) is 13.3. The van der Waals surface area contributed by atoms with Crippen LogP contribution < -0.4 is 5.73 Å². The van der Waals surface area contributed by atoms with Gasteiger partial charge in [-0.05, 0) is 12.8 Å². The van der Waals surface area contributed by atoms with Crippen molar-refractivity contribution < 1.29 is 4.52 Å². The summed E-state index contributed by atoms with van der Waals surface area (Å²) in [6.07, 6.45) is 3.57. The van der Waals surface area contributed by atoms with Crippen LogP contribution >= 0.6 is 0 Å². The number of hydrogen-bond acceptors (Lipinski definition) is 5. The van der Waals surface area contributed by atoms with Gasteiger partial charge in [0, 0.05) is 19.3 Å². The molecule has 0 aliphatic rings. The molecule has 0 fully saturated rings. The van der Waals surface area contributed by atoms with E-state index >= 15 is 0 Å². The quantitative estimate of drug-likeness (QED) is 0.889. The van der Waals surface area contributed by atoms with Crippen LogP contribution in [0.5, 0.6) is 0 Å². The molecular weight excluding hydrogens is 230 g/mol. The van der Waals surface area contributed by atoms with E-state index in [0.717, 1.165) is 5.56 Å². The number of hydrogen-bond donors (Lipinski definition) is 1. The third-order valence-corrected chi connectivity index (χ3v) is 2.97. The smallest absolute Gasteiger partial charge is 0.231 e. The largest absolute Gasteiger partial charge is 0.339 e. The van der Waals surface area contributed by atoms with Gasteiger partial charge in [0.15, 0.2) is 0 Å². The van der Waals surface area contributed by atoms with Crippen molar-refractivity contribution in [3.63, 3.8) is 0 Å². The summed E-state index contributed by atoms with van der Waals surface area (Å²) in [5, 5.41) is 8.08. The first-order chi connectivity index (χ1) is 8.49. The SMILES string of the molecule is CC(C)C(c1nc(-c2cnn(C)c2)no1)C(C)N. The second-order valence-electron chi connectivity index (χ2n) is 4.99. The van der Waals surface area contributed by atoms with Crippen LogP contribution in [0.1, 0.15) is 32.6 Å². The topological polar surface area (TPSA) is 82.8 Å².